The van der Waals surface area contributed by atoms with Crippen molar-refractivity contribution in [3.05, 3.63) is 23.9 Å². The SMILES string of the molecule is CCOC(=O)C1(NC(=O)c2ccnc(NC)c2)CCC1. The predicted molar refractivity (Wildman–Crippen MR) is 74.5 cm³/mol. The summed E-state index contributed by atoms with van der Waals surface area (Å²) in [7, 11) is 1.73. The van der Waals surface area contributed by atoms with Crippen molar-refractivity contribution in [3.8, 4) is 0 Å². The Morgan fingerprint density at radius 3 is 2.75 bits per heavy atom. The molecule has 0 aromatic carbocycles. The Morgan fingerprint density at radius 2 is 2.20 bits per heavy atom. The molecule has 2 rings (SSSR count). The normalized spacial score (nSPS) is 15.9. The summed E-state index contributed by atoms with van der Waals surface area (Å²) in [6.45, 7) is 2.07. The zero-order chi connectivity index (χ0) is 14.6. The van der Waals surface area contributed by atoms with Crippen molar-refractivity contribution in [1.29, 1.82) is 0 Å². The maximum absolute atomic E-state index is 12.3. The van der Waals surface area contributed by atoms with Gasteiger partial charge in [-0.2, -0.15) is 0 Å². The van der Waals surface area contributed by atoms with Gasteiger partial charge in [0.25, 0.3) is 5.91 Å². The summed E-state index contributed by atoms with van der Waals surface area (Å²) in [6, 6.07) is 3.26. The quantitative estimate of drug-likeness (QED) is 0.794. The van der Waals surface area contributed by atoms with Crippen LogP contribution in [0.4, 0.5) is 5.82 Å². The van der Waals surface area contributed by atoms with Gasteiger partial charge in [0.15, 0.2) is 0 Å². The molecule has 1 aromatic rings. The molecule has 20 heavy (non-hydrogen) atoms. The van der Waals surface area contributed by atoms with Crippen LogP contribution in [0.3, 0.4) is 0 Å². The number of pyridine rings is 1. The number of amides is 1. The molecule has 1 amide bonds. The van der Waals surface area contributed by atoms with Crippen molar-refractivity contribution in [2.45, 2.75) is 31.7 Å². The summed E-state index contributed by atoms with van der Waals surface area (Å²) in [6.07, 6.45) is 3.72. The maximum Gasteiger partial charge on any atom is 0.331 e. The molecule has 1 aliphatic rings. The Morgan fingerprint density at radius 1 is 1.45 bits per heavy atom. The maximum atomic E-state index is 12.3. The van der Waals surface area contributed by atoms with Crippen LogP contribution in [0, 0.1) is 0 Å². The largest absolute Gasteiger partial charge is 0.464 e. The molecule has 0 aliphatic heterocycles. The van der Waals surface area contributed by atoms with Gasteiger partial charge in [0, 0.05) is 18.8 Å². The second-order valence-corrected chi connectivity index (χ2v) is 4.79. The molecule has 0 atom stereocenters. The number of anilines is 1. The molecule has 1 fully saturated rings. The first-order chi connectivity index (χ1) is 9.61. The zero-order valence-corrected chi connectivity index (χ0v) is 11.7. The molecule has 108 valence electrons. The van der Waals surface area contributed by atoms with E-state index in [4.69, 9.17) is 4.74 Å². The number of nitrogens with zero attached hydrogens (tertiary/aromatic N) is 1. The smallest absolute Gasteiger partial charge is 0.331 e. The third-order valence-electron chi connectivity index (χ3n) is 3.50. The summed E-state index contributed by atoms with van der Waals surface area (Å²) in [4.78, 5) is 28.3. The summed E-state index contributed by atoms with van der Waals surface area (Å²) in [5, 5.41) is 5.69. The van der Waals surface area contributed by atoms with Crippen LogP contribution in [-0.4, -0.2) is 36.1 Å². The lowest BCUT2D eigenvalue weighted by molar-refractivity contribution is -0.154. The van der Waals surface area contributed by atoms with E-state index in [0.717, 1.165) is 6.42 Å². The second-order valence-electron chi connectivity index (χ2n) is 4.79. The van der Waals surface area contributed by atoms with Gasteiger partial charge in [0.2, 0.25) is 0 Å². The predicted octanol–water partition coefficient (Wildman–Crippen LogP) is 1.34. The van der Waals surface area contributed by atoms with E-state index in [0.29, 0.717) is 30.8 Å². The van der Waals surface area contributed by atoms with Crippen LogP contribution >= 0.6 is 0 Å². The van der Waals surface area contributed by atoms with Crippen molar-refractivity contribution >= 4 is 17.7 Å². The fourth-order valence-electron chi connectivity index (χ4n) is 2.18. The van der Waals surface area contributed by atoms with E-state index in [-0.39, 0.29) is 11.9 Å². The topological polar surface area (TPSA) is 80.3 Å². The summed E-state index contributed by atoms with van der Waals surface area (Å²) in [5.41, 5.74) is -0.379. The lowest BCUT2D eigenvalue weighted by atomic mass is 9.76. The van der Waals surface area contributed by atoms with Gasteiger partial charge in [0.1, 0.15) is 11.4 Å². The molecule has 0 spiro atoms. The molecule has 6 nitrogen and oxygen atoms in total. The standard InChI is InChI=1S/C14H19N3O3/c1-3-20-13(19)14(6-4-7-14)17-12(18)10-5-8-16-11(9-10)15-2/h5,8-9H,3-4,6-7H2,1-2H3,(H,15,16)(H,17,18). The molecular formula is C14H19N3O3. The Hall–Kier alpha value is -2.11. The van der Waals surface area contributed by atoms with Gasteiger partial charge in [-0.3, -0.25) is 4.79 Å². The van der Waals surface area contributed by atoms with E-state index in [1.54, 1.807) is 32.3 Å². The van der Waals surface area contributed by atoms with Gasteiger partial charge in [0.05, 0.1) is 6.61 Å². The highest BCUT2D eigenvalue weighted by Crippen LogP contribution is 2.33. The lowest BCUT2D eigenvalue weighted by Crippen LogP contribution is -2.59. The third kappa shape index (κ3) is 2.74. The first-order valence-electron chi connectivity index (χ1n) is 6.75. The molecule has 0 unspecified atom stereocenters. The molecule has 6 heteroatoms. The number of esters is 1. The van der Waals surface area contributed by atoms with E-state index in [9.17, 15) is 9.59 Å². The van der Waals surface area contributed by atoms with Crippen LogP contribution in [0.25, 0.3) is 0 Å². The molecule has 2 N–H and O–H groups in total. The van der Waals surface area contributed by atoms with E-state index >= 15 is 0 Å². The first-order valence-corrected chi connectivity index (χ1v) is 6.75. The molecular weight excluding hydrogens is 258 g/mol. The highest BCUT2D eigenvalue weighted by Gasteiger charge is 2.46. The third-order valence-corrected chi connectivity index (χ3v) is 3.50. The average molecular weight is 277 g/mol. The van der Waals surface area contributed by atoms with Crippen molar-refractivity contribution in [1.82, 2.24) is 10.3 Å². The number of hydrogen-bond donors (Lipinski definition) is 2. The monoisotopic (exact) mass is 277 g/mol. The van der Waals surface area contributed by atoms with Crippen molar-refractivity contribution in [2.75, 3.05) is 19.0 Å². The van der Waals surface area contributed by atoms with Gasteiger partial charge in [-0.1, -0.05) is 0 Å². The van der Waals surface area contributed by atoms with Crippen LogP contribution in [0.15, 0.2) is 18.3 Å². The van der Waals surface area contributed by atoms with Crippen molar-refractivity contribution < 1.29 is 14.3 Å². The van der Waals surface area contributed by atoms with E-state index < -0.39 is 5.54 Å². The van der Waals surface area contributed by atoms with Gasteiger partial charge < -0.3 is 15.4 Å². The number of aromatic nitrogens is 1. The molecule has 0 bridgehead atoms. The van der Waals surface area contributed by atoms with Gasteiger partial charge >= 0.3 is 5.97 Å². The van der Waals surface area contributed by atoms with Gasteiger partial charge in [-0.25, -0.2) is 9.78 Å². The minimum absolute atomic E-state index is 0.281. The van der Waals surface area contributed by atoms with Gasteiger partial charge in [-0.15, -0.1) is 0 Å². The Labute approximate surface area is 117 Å². The van der Waals surface area contributed by atoms with Crippen molar-refractivity contribution in [3.63, 3.8) is 0 Å². The Bertz CT molecular complexity index is 512. The highest BCUT2D eigenvalue weighted by molar-refractivity contribution is 5.98. The van der Waals surface area contributed by atoms with E-state index in [2.05, 4.69) is 15.6 Å². The fourth-order valence-corrected chi connectivity index (χ4v) is 2.18. The molecule has 1 saturated carbocycles. The van der Waals surface area contributed by atoms with Crippen LogP contribution in [0.1, 0.15) is 36.5 Å². The minimum Gasteiger partial charge on any atom is -0.464 e. The molecule has 1 aliphatic carbocycles. The van der Waals surface area contributed by atoms with Gasteiger partial charge in [-0.05, 0) is 38.3 Å². The number of carbonyl (C=O) groups is 2. The number of hydrogen-bond acceptors (Lipinski definition) is 5. The fraction of sp³-hybridized carbons (Fsp3) is 0.500. The Balaban J connectivity index is 2.11. The molecule has 0 saturated heterocycles. The van der Waals surface area contributed by atoms with Crippen molar-refractivity contribution in [2.24, 2.45) is 0 Å². The summed E-state index contributed by atoms with van der Waals surface area (Å²) in [5.74, 6) is -0.0180. The minimum atomic E-state index is -0.851. The number of ether oxygens (including phenoxy) is 1. The second kappa shape index (κ2) is 5.90. The average Bonchev–Trinajstić information content (AvgIpc) is 2.42. The summed E-state index contributed by atoms with van der Waals surface area (Å²) >= 11 is 0. The molecule has 1 heterocycles. The van der Waals surface area contributed by atoms with E-state index in [1.165, 1.54) is 0 Å². The Kier molecular flexibility index (Phi) is 4.22. The molecule has 0 radical (unpaired) electrons. The summed E-state index contributed by atoms with van der Waals surface area (Å²) < 4.78 is 5.05. The van der Waals surface area contributed by atoms with Crippen LogP contribution in [-0.2, 0) is 9.53 Å². The lowest BCUT2D eigenvalue weighted by Gasteiger charge is -2.39. The van der Waals surface area contributed by atoms with E-state index in [1.807, 2.05) is 0 Å². The first kappa shape index (κ1) is 14.3. The number of carbonyl (C=O) groups excluding carboxylic acids is 2. The van der Waals surface area contributed by atoms with Crippen LogP contribution in [0.5, 0.6) is 0 Å². The van der Waals surface area contributed by atoms with Crippen LogP contribution < -0.4 is 10.6 Å². The number of rotatable bonds is 5. The number of nitrogens with one attached hydrogen (secondary N) is 2. The molecule has 1 aromatic heterocycles. The van der Waals surface area contributed by atoms with Crippen LogP contribution in [0.2, 0.25) is 0 Å². The zero-order valence-electron chi connectivity index (χ0n) is 11.7. The highest BCUT2D eigenvalue weighted by atomic mass is 16.5.